The number of nitrogens with zero attached hydrogens (tertiary/aromatic N) is 1. The molecule has 2 heterocycles. The van der Waals surface area contributed by atoms with Crippen LogP contribution >= 0.6 is 0 Å². The van der Waals surface area contributed by atoms with Crippen molar-refractivity contribution in [3.8, 4) is 0 Å². The number of rotatable bonds is 4. The lowest BCUT2D eigenvalue weighted by Crippen LogP contribution is -2.40. The van der Waals surface area contributed by atoms with Gasteiger partial charge in [0.15, 0.2) is 0 Å². The van der Waals surface area contributed by atoms with E-state index in [1.165, 1.54) is 38.8 Å². The van der Waals surface area contributed by atoms with Gasteiger partial charge in [0.05, 0.1) is 0 Å². The Hall–Kier alpha value is -0.120. The third-order valence-corrected chi connectivity index (χ3v) is 3.74. The molecule has 0 aliphatic carbocycles. The molecular weight excluding hydrogens is 188 g/mol. The van der Waals surface area contributed by atoms with Gasteiger partial charge in [-0.25, -0.2) is 0 Å². The molecule has 1 unspecified atom stereocenters. The largest absolute Gasteiger partial charge is 0.381 e. The monoisotopic (exact) mass is 212 g/mol. The lowest BCUT2D eigenvalue weighted by molar-refractivity contribution is 0.0771. The van der Waals surface area contributed by atoms with E-state index in [2.05, 4.69) is 17.1 Å². The number of likely N-dealkylation sites (tertiary alicyclic amines) is 1. The Bertz CT molecular complexity index is 180. The molecule has 0 spiro atoms. The third-order valence-electron chi connectivity index (χ3n) is 3.74. The molecule has 2 aliphatic heterocycles. The highest BCUT2D eigenvalue weighted by Gasteiger charge is 2.20. The first-order valence-electron chi connectivity index (χ1n) is 6.41. The first kappa shape index (κ1) is 11.4. The van der Waals surface area contributed by atoms with Crippen molar-refractivity contribution < 1.29 is 4.74 Å². The van der Waals surface area contributed by atoms with Gasteiger partial charge >= 0.3 is 0 Å². The van der Waals surface area contributed by atoms with Gasteiger partial charge in [-0.1, -0.05) is 0 Å². The topological polar surface area (TPSA) is 24.5 Å². The van der Waals surface area contributed by atoms with Gasteiger partial charge < -0.3 is 10.1 Å². The van der Waals surface area contributed by atoms with Crippen molar-refractivity contribution in [1.82, 2.24) is 10.2 Å². The number of nitrogens with one attached hydrogen (secondary N) is 1. The van der Waals surface area contributed by atoms with Gasteiger partial charge in [0, 0.05) is 38.4 Å². The molecule has 0 aromatic rings. The minimum absolute atomic E-state index is 0.705. The molecule has 0 bridgehead atoms. The van der Waals surface area contributed by atoms with Crippen LogP contribution < -0.4 is 5.32 Å². The van der Waals surface area contributed by atoms with Gasteiger partial charge in [-0.05, 0) is 39.2 Å². The van der Waals surface area contributed by atoms with Crippen LogP contribution in [-0.4, -0.2) is 49.8 Å². The van der Waals surface area contributed by atoms with Crippen LogP contribution in [0.5, 0.6) is 0 Å². The molecule has 2 saturated heterocycles. The first-order chi connectivity index (χ1) is 7.36. The van der Waals surface area contributed by atoms with Crippen LogP contribution in [0.2, 0.25) is 0 Å². The van der Waals surface area contributed by atoms with Gasteiger partial charge in [-0.3, -0.25) is 4.90 Å². The van der Waals surface area contributed by atoms with Crippen molar-refractivity contribution in [2.24, 2.45) is 0 Å². The number of hydrogen-bond acceptors (Lipinski definition) is 3. The molecule has 3 heteroatoms. The Morgan fingerprint density at radius 2 is 2.07 bits per heavy atom. The standard InChI is InChI=1S/C12H24N2O/c1-11-3-2-7-14(11)8-6-13-12-4-9-15-10-5-12/h11-13H,2-10H2,1H3. The summed E-state index contributed by atoms with van der Waals surface area (Å²) >= 11 is 0. The zero-order chi connectivity index (χ0) is 10.5. The van der Waals surface area contributed by atoms with Crippen molar-refractivity contribution >= 4 is 0 Å². The molecule has 2 rings (SSSR count). The smallest absolute Gasteiger partial charge is 0.0480 e. The molecule has 0 radical (unpaired) electrons. The average Bonchev–Trinajstić information content (AvgIpc) is 2.66. The number of hydrogen-bond donors (Lipinski definition) is 1. The Kier molecular flexibility index (Phi) is 4.42. The fraction of sp³-hybridized carbons (Fsp3) is 1.00. The highest BCUT2D eigenvalue weighted by atomic mass is 16.5. The van der Waals surface area contributed by atoms with E-state index in [1.807, 2.05) is 0 Å². The summed E-state index contributed by atoms with van der Waals surface area (Å²) in [6, 6.07) is 1.51. The van der Waals surface area contributed by atoms with E-state index in [0.717, 1.165) is 25.8 Å². The van der Waals surface area contributed by atoms with E-state index < -0.39 is 0 Å². The van der Waals surface area contributed by atoms with Crippen LogP contribution in [0.25, 0.3) is 0 Å². The summed E-state index contributed by atoms with van der Waals surface area (Å²) in [5, 5.41) is 3.65. The van der Waals surface area contributed by atoms with Crippen LogP contribution in [0.1, 0.15) is 32.6 Å². The minimum atomic E-state index is 0.705. The average molecular weight is 212 g/mol. The molecule has 1 N–H and O–H groups in total. The number of ether oxygens (including phenoxy) is 1. The molecule has 2 fully saturated rings. The summed E-state index contributed by atoms with van der Waals surface area (Å²) in [5.74, 6) is 0. The second kappa shape index (κ2) is 5.83. The van der Waals surface area contributed by atoms with Crippen molar-refractivity contribution in [1.29, 1.82) is 0 Å². The van der Waals surface area contributed by atoms with E-state index in [9.17, 15) is 0 Å². The maximum absolute atomic E-state index is 5.35. The fourth-order valence-corrected chi connectivity index (χ4v) is 2.64. The SMILES string of the molecule is CC1CCCN1CCNC1CCOCC1. The summed E-state index contributed by atoms with van der Waals surface area (Å²) in [5.41, 5.74) is 0. The Morgan fingerprint density at radius 3 is 2.73 bits per heavy atom. The predicted octanol–water partition coefficient (Wildman–Crippen LogP) is 1.24. The Labute approximate surface area is 93.2 Å². The van der Waals surface area contributed by atoms with Crippen LogP contribution in [0.3, 0.4) is 0 Å². The van der Waals surface area contributed by atoms with Gasteiger partial charge in [0.25, 0.3) is 0 Å². The molecule has 0 aromatic heterocycles. The Balaban J connectivity index is 1.57. The third kappa shape index (κ3) is 3.44. The maximum atomic E-state index is 5.35. The van der Waals surface area contributed by atoms with E-state index >= 15 is 0 Å². The predicted molar refractivity (Wildman–Crippen MR) is 62.1 cm³/mol. The second-order valence-corrected chi connectivity index (χ2v) is 4.87. The summed E-state index contributed by atoms with van der Waals surface area (Å²) in [6.45, 7) is 7.90. The van der Waals surface area contributed by atoms with E-state index in [0.29, 0.717) is 6.04 Å². The quantitative estimate of drug-likeness (QED) is 0.759. The normalized spacial score (nSPS) is 29.8. The second-order valence-electron chi connectivity index (χ2n) is 4.87. The van der Waals surface area contributed by atoms with Gasteiger partial charge in [-0.15, -0.1) is 0 Å². The lowest BCUT2D eigenvalue weighted by Gasteiger charge is -2.26. The summed E-state index contributed by atoms with van der Waals surface area (Å²) in [4.78, 5) is 2.60. The molecular formula is C12H24N2O. The van der Waals surface area contributed by atoms with Gasteiger partial charge in [-0.2, -0.15) is 0 Å². The minimum Gasteiger partial charge on any atom is -0.381 e. The summed E-state index contributed by atoms with van der Waals surface area (Å²) in [7, 11) is 0. The zero-order valence-corrected chi connectivity index (χ0v) is 9.87. The zero-order valence-electron chi connectivity index (χ0n) is 9.87. The van der Waals surface area contributed by atoms with Crippen LogP contribution in [-0.2, 0) is 4.74 Å². The molecule has 0 amide bonds. The highest BCUT2D eigenvalue weighted by molar-refractivity contribution is 4.77. The Morgan fingerprint density at radius 1 is 1.27 bits per heavy atom. The molecule has 0 aromatic carbocycles. The molecule has 1 atom stereocenters. The van der Waals surface area contributed by atoms with Crippen LogP contribution in [0, 0.1) is 0 Å². The molecule has 3 nitrogen and oxygen atoms in total. The van der Waals surface area contributed by atoms with Crippen LogP contribution in [0.15, 0.2) is 0 Å². The molecule has 2 aliphatic rings. The lowest BCUT2D eigenvalue weighted by atomic mass is 10.1. The van der Waals surface area contributed by atoms with E-state index in [-0.39, 0.29) is 0 Å². The van der Waals surface area contributed by atoms with Crippen molar-refractivity contribution in [3.05, 3.63) is 0 Å². The molecule has 88 valence electrons. The summed E-state index contributed by atoms with van der Waals surface area (Å²) in [6.07, 6.45) is 5.15. The highest BCUT2D eigenvalue weighted by Crippen LogP contribution is 2.15. The maximum Gasteiger partial charge on any atom is 0.0480 e. The van der Waals surface area contributed by atoms with Crippen molar-refractivity contribution in [2.45, 2.75) is 44.7 Å². The van der Waals surface area contributed by atoms with Gasteiger partial charge in [0.2, 0.25) is 0 Å². The summed E-state index contributed by atoms with van der Waals surface area (Å²) < 4.78 is 5.35. The molecule has 15 heavy (non-hydrogen) atoms. The molecule has 0 saturated carbocycles. The van der Waals surface area contributed by atoms with E-state index in [4.69, 9.17) is 4.74 Å². The van der Waals surface area contributed by atoms with Crippen molar-refractivity contribution in [2.75, 3.05) is 32.8 Å². The van der Waals surface area contributed by atoms with E-state index in [1.54, 1.807) is 0 Å². The first-order valence-corrected chi connectivity index (χ1v) is 6.41. The van der Waals surface area contributed by atoms with Crippen LogP contribution in [0.4, 0.5) is 0 Å². The fourth-order valence-electron chi connectivity index (χ4n) is 2.64. The van der Waals surface area contributed by atoms with Gasteiger partial charge in [0.1, 0.15) is 0 Å². The van der Waals surface area contributed by atoms with Crippen molar-refractivity contribution in [3.63, 3.8) is 0 Å².